The van der Waals surface area contributed by atoms with E-state index in [1.807, 2.05) is 0 Å². The number of benzene rings is 1. The van der Waals surface area contributed by atoms with E-state index in [-0.39, 0.29) is 11.1 Å². The Morgan fingerprint density at radius 2 is 1.57 bits per heavy atom. The topological polar surface area (TPSA) is 29.3 Å². The second kappa shape index (κ2) is 6.10. The van der Waals surface area contributed by atoms with Gasteiger partial charge >= 0.3 is 0 Å². The van der Waals surface area contributed by atoms with E-state index in [1.54, 1.807) is 0 Å². The van der Waals surface area contributed by atoms with Crippen LogP contribution in [-0.4, -0.2) is 23.7 Å². The van der Waals surface area contributed by atoms with Crippen LogP contribution in [0.25, 0.3) is 0 Å². The van der Waals surface area contributed by atoms with E-state index >= 15 is 0 Å². The lowest BCUT2D eigenvalue weighted by atomic mass is 9.86. The molecule has 2 heteroatoms. The maximum atomic E-state index is 6.62. The quantitative estimate of drug-likeness (QED) is 0.913. The van der Waals surface area contributed by atoms with E-state index < -0.39 is 0 Å². The first-order valence-corrected chi connectivity index (χ1v) is 8.32. The zero-order chi connectivity index (χ0) is 15.7. The van der Waals surface area contributed by atoms with Crippen molar-refractivity contribution >= 4 is 0 Å². The van der Waals surface area contributed by atoms with Crippen molar-refractivity contribution < 1.29 is 0 Å². The minimum Gasteiger partial charge on any atom is -0.313 e. The minimum absolute atomic E-state index is 0.216. The third-order valence-corrected chi connectivity index (χ3v) is 4.89. The fraction of sp³-hybridized carbons (Fsp3) is 0.684. The molecule has 21 heavy (non-hydrogen) atoms. The Bertz CT molecular complexity index is 445. The maximum Gasteiger partial charge on any atom is 0.0699 e. The van der Waals surface area contributed by atoms with Gasteiger partial charge < -0.3 is 5.73 Å². The summed E-state index contributed by atoms with van der Waals surface area (Å²) < 4.78 is 0. The molecule has 2 nitrogen and oxygen atoms in total. The van der Waals surface area contributed by atoms with E-state index in [9.17, 15) is 0 Å². The number of nitrogens with two attached hydrogens (primary N) is 1. The summed E-state index contributed by atoms with van der Waals surface area (Å²) in [6.07, 6.45) is 3.47. The highest BCUT2D eigenvalue weighted by Gasteiger charge is 2.30. The Morgan fingerprint density at radius 3 is 2.05 bits per heavy atom. The van der Waals surface area contributed by atoms with Crippen molar-refractivity contribution in [2.75, 3.05) is 13.1 Å². The Balaban J connectivity index is 2.03. The molecule has 0 bridgehead atoms. The second-order valence-electron chi connectivity index (χ2n) is 8.15. The van der Waals surface area contributed by atoms with Crippen LogP contribution in [0.2, 0.25) is 0 Å². The summed E-state index contributed by atoms with van der Waals surface area (Å²) in [6, 6.07) is 9.00. The molecule has 1 unspecified atom stereocenters. The molecule has 1 heterocycles. The van der Waals surface area contributed by atoms with Gasteiger partial charge in [-0.05, 0) is 42.2 Å². The van der Waals surface area contributed by atoms with Crippen LogP contribution in [0.4, 0.5) is 0 Å². The molecule has 1 fully saturated rings. The Labute approximate surface area is 130 Å². The SMILES string of the molecule is CC1CCN(C(C)(N)Cc2ccc(C(C)(C)C)cc2)CC1. The molecule has 1 saturated heterocycles. The van der Waals surface area contributed by atoms with Crippen molar-refractivity contribution in [3.05, 3.63) is 35.4 Å². The van der Waals surface area contributed by atoms with Crippen molar-refractivity contribution in [1.29, 1.82) is 0 Å². The highest BCUT2D eigenvalue weighted by molar-refractivity contribution is 5.28. The predicted molar refractivity (Wildman–Crippen MR) is 91.4 cm³/mol. The third kappa shape index (κ3) is 4.31. The largest absolute Gasteiger partial charge is 0.313 e. The van der Waals surface area contributed by atoms with Crippen molar-refractivity contribution in [2.24, 2.45) is 11.7 Å². The van der Waals surface area contributed by atoms with Crippen LogP contribution in [0.1, 0.15) is 58.6 Å². The molecule has 0 radical (unpaired) electrons. The van der Waals surface area contributed by atoms with Crippen molar-refractivity contribution in [1.82, 2.24) is 4.90 Å². The fourth-order valence-electron chi connectivity index (χ4n) is 3.17. The van der Waals surface area contributed by atoms with Gasteiger partial charge in [0.25, 0.3) is 0 Å². The summed E-state index contributed by atoms with van der Waals surface area (Å²) in [5, 5.41) is 0. The highest BCUT2D eigenvalue weighted by atomic mass is 15.3. The van der Waals surface area contributed by atoms with Gasteiger partial charge in [0.15, 0.2) is 0 Å². The van der Waals surface area contributed by atoms with Crippen LogP contribution in [0.5, 0.6) is 0 Å². The summed E-state index contributed by atoms with van der Waals surface area (Å²) in [5.74, 6) is 0.850. The molecular formula is C19H32N2. The molecule has 1 aliphatic heterocycles. The zero-order valence-electron chi connectivity index (χ0n) is 14.4. The molecule has 2 N–H and O–H groups in total. The lowest BCUT2D eigenvalue weighted by Crippen LogP contribution is -2.57. The Kier molecular flexibility index (Phi) is 4.79. The number of hydrogen-bond donors (Lipinski definition) is 1. The van der Waals surface area contributed by atoms with Gasteiger partial charge in [-0.1, -0.05) is 52.0 Å². The van der Waals surface area contributed by atoms with Gasteiger partial charge in [0, 0.05) is 19.5 Å². The van der Waals surface area contributed by atoms with Crippen LogP contribution < -0.4 is 5.73 Å². The summed E-state index contributed by atoms with van der Waals surface area (Å²) in [5.41, 5.74) is 9.33. The molecule has 1 atom stereocenters. The standard InChI is InChI=1S/C19H32N2/c1-15-10-12-21(13-11-15)19(5,20)14-16-6-8-17(9-7-16)18(2,3)4/h6-9,15H,10-14,20H2,1-5H3. The number of piperidine rings is 1. The van der Waals surface area contributed by atoms with Gasteiger partial charge in [0.1, 0.15) is 0 Å². The summed E-state index contributed by atoms with van der Waals surface area (Å²) >= 11 is 0. The van der Waals surface area contributed by atoms with Gasteiger partial charge in [-0.2, -0.15) is 0 Å². The van der Waals surface area contributed by atoms with Crippen molar-refractivity contribution in [3.63, 3.8) is 0 Å². The molecular weight excluding hydrogens is 256 g/mol. The average molecular weight is 288 g/mol. The lowest BCUT2D eigenvalue weighted by molar-refractivity contribution is 0.0695. The second-order valence-corrected chi connectivity index (χ2v) is 8.15. The molecule has 0 aliphatic carbocycles. The average Bonchev–Trinajstić information content (AvgIpc) is 2.38. The molecule has 1 aromatic rings. The summed E-state index contributed by atoms with van der Waals surface area (Å²) in [7, 11) is 0. The Hall–Kier alpha value is -0.860. The molecule has 2 rings (SSSR count). The maximum absolute atomic E-state index is 6.62. The van der Waals surface area contributed by atoms with Crippen LogP contribution >= 0.6 is 0 Å². The smallest absolute Gasteiger partial charge is 0.0699 e. The molecule has 0 aromatic heterocycles. The number of hydrogen-bond acceptors (Lipinski definition) is 2. The normalized spacial score (nSPS) is 21.2. The van der Waals surface area contributed by atoms with Gasteiger partial charge in [-0.25, -0.2) is 0 Å². The zero-order valence-corrected chi connectivity index (χ0v) is 14.4. The van der Waals surface area contributed by atoms with Gasteiger partial charge in [-0.3, -0.25) is 4.90 Å². The van der Waals surface area contributed by atoms with Crippen molar-refractivity contribution in [3.8, 4) is 0 Å². The minimum atomic E-state index is -0.233. The number of likely N-dealkylation sites (tertiary alicyclic amines) is 1. The molecule has 1 aliphatic rings. The van der Waals surface area contributed by atoms with Gasteiger partial charge in [0.05, 0.1) is 5.66 Å². The highest BCUT2D eigenvalue weighted by Crippen LogP contribution is 2.26. The molecule has 0 amide bonds. The van der Waals surface area contributed by atoms with Crippen LogP contribution in [0.15, 0.2) is 24.3 Å². The summed E-state index contributed by atoms with van der Waals surface area (Å²) in [4.78, 5) is 2.46. The lowest BCUT2D eigenvalue weighted by Gasteiger charge is -2.42. The van der Waals surface area contributed by atoms with E-state index in [2.05, 4.69) is 63.8 Å². The van der Waals surface area contributed by atoms with E-state index in [0.29, 0.717) is 0 Å². The molecule has 118 valence electrons. The van der Waals surface area contributed by atoms with Gasteiger partial charge in [0.2, 0.25) is 0 Å². The molecule has 0 spiro atoms. The fourth-order valence-corrected chi connectivity index (χ4v) is 3.17. The van der Waals surface area contributed by atoms with E-state index in [0.717, 1.165) is 25.4 Å². The van der Waals surface area contributed by atoms with Crippen LogP contribution in [-0.2, 0) is 11.8 Å². The molecule has 1 aromatic carbocycles. The number of nitrogens with zero attached hydrogens (tertiary/aromatic N) is 1. The van der Waals surface area contributed by atoms with Crippen LogP contribution in [0.3, 0.4) is 0 Å². The summed E-state index contributed by atoms with van der Waals surface area (Å²) in [6.45, 7) is 13.6. The van der Waals surface area contributed by atoms with E-state index in [1.165, 1.54) is 24.0 Å². The van der Waals surface area contributed by atoms with E-state index in [4.69, 9.17) is 5.73 Å². The first-order valence-electron chi connectivity index (χ1n) is 8.32. The van der Waals surface area contributed by atoms with Gasteiger partial charge in [-0.15, -0.1) is 0 Å². The monoisotopic (exact) mass is 288 g/mol. The first-order chi connectivity index (χ1) is 9.68. The van der Waals surface area contributed by atoms with Crippen molar-refractivity contribution in [2.45, 2.75) is 65.0 Å². The third-order valence-electron chi connectivity index (χ3n) is 4.89. The Morgan fingerprint density at radius 1 is 1.05 bits per heavy atom. The molecule has 0 saturated carbocycles. The van der Waals surface area contributed by atoms with Crippen LogP contribution in [0, 0.1) is 5.92 Å². The first kappa shape index (κ1) is 16.5. The predicted octanol–water partition coefficient (Wildman–Crippen LogP) is 3.93. The number of rotatable bonds is 3.